The zero-order valence-electron chi connectivity index (χ0n) is 13.8. The molecule has 2 aliphatic rings. The first kappa shape index (κ1) is 17.8. The van der Waals surface area contributed by atoms with Crippen LogP contribution < -0.4 is 0 Å². The van der Waals surface area contributed by atoms with Gasteiger partial charge in [0.1, 0.15) is 18.6 Å². The van der Waals surface area contributed by atoms with Crippen molar-refractivity contribution in [3.8, 4) is 0 Å². The van der Waals surface area contributed by atoms with E-state index in [2.05, 4.69) is 0 Å². The van der Waals surface area contributed by atoms with Gasteiger partial charge in [-0.1, -0.05) is 30.3 Å². The monoisotopic (exact) mass is 363 g/mol. The zero-order valence-corrected chi connectivity index (χ0v) is 14.6. The maximum absolute atomic E-state index is 12.9. The largest absolute Gasteiger partial charge is 0.480 e. The molecular formula is C18H21NO5S. The first-order chi connectivity index (χ1) is 12.1. The molecule has 1 N–H and O–H groups in total. The predicted molar refractivity (Wildman–Crippen MR) is 92.7 cm³/mol. The van der Waals surface area contributed by atoms with Gasteiger partial charge < -0.3 is 14.7 Å². The molecular weight excluding hydrogens is 342 g/mol. The maximum Gasteiger partial charge on any atom is 0.326 e. The van der Waals surface area contributed by atoms with Crippen molar-refractivity contribution in [2.75, 3.05) is 5.75 Å². The second-order valence-electron chi connectivity index (χ2n) is 6.29. The number of fused-ring (bicyclic) bond motifs is 1. The van der Waals surface area contributed by atoms with Gasteiger partial charge in [-0.05, 0) is 37.0 Å². The van der Waals surface area contributed by atoms with Crippen molar-refractivity contribution in [3.63, 3.8) is 0 Å². The van der Waals surface area contributed by atoms with Crippen LogP contribution in [0.2, 0.25) is 0 Å². The summed E-state index contributed by atoms with van der Waals surface area (Å²) >= 11 is 1.56. The number of thioether (sulfide) groups is 1. The molecule has 2 heterocycles. The number of rotatable bonds is 4. The highest BCUT2D eigenvalue weighted by molar-refractivity contribution is 7.99. The lowest BCUT2D eigenvalue weighted by Crippen LogP contribution is -2.54. The van der Waals surface area contributed by atoms with E-state index in [0.717, 1.165) is 18.4 Å². The Kier molecular flexibility index (Phi) is 5.63. The van der Waals surface area contributed by atoms with Crippen LogP contribution >= 0.6 is 11.8 Å². The fraction of sp³-hybridized carbons (Fsp3) is 0.500. The number of amides is 1. The smallest absolute Gasteiger partial charge is 0.326 e. The van der Waals surface area contributed by atoms with Gasteiger partial charge in [0.25, 0.3) is 0 Å². The Labute approximate surface area is 150 Å². The van der Waals surface area contributed by atoms with Gasteiger partial charge in [-0.15, -0.1) is 11.8 Å². The summed E-state index contributed by atoms with van der Waals surface area (Å²) in [6.07, 6.45) is 2.37. The van der Waals surface area contributed by atoms with E-state index < -0.39 is 29.8 Å². The first-order valence-corrected chi connectivity index (χ1v) is 9.50. The molecule has 7 heteroatoms. The van der Waals surface area contributed by atoms with Crippen molar-refractivity contribution in [1.82, 2.24) is 4.90 Å². The average Bonchev–Trinajstić information content (AvgIpc) is 2.79. The Hall–Kier alpha value is -2.02. The number of hydrogen-bond acceptors (Lipinski definition) is 5. The summed E-state index contributed by atoms with van der Waals surface area (Å²) in [6.45, 7) is 0.113. The lowest BCUT2D eigenvalue weighted by Gasteiger charge is -2.39. The summed E-state index contributed by atoms with van der Waals surface area (Å²) in [5.74, 6) is -2.24. The summed E-state index contributed by atoms with van der Waals surface area (Å²) in [4.78, 5) is 38.3. The Balaban J connectivity index is 1.71. The number of aliphatic carboxylic acids is 1. The second kappa shape index (κ2) is 7.91. The van der Waals surface area contributed by atoms with Gasteiger partial charge in [0, 0.05) is 0 Å². The topological polar surface area (TPSA) is 83.9 Å². The van der Waals surface area contributed by atoms with Crippen molar-refractivity contribution in [1.29, 1.82) is 0 Å². The number of carboxylic acids is 1. The van der Waals surface area contributed by atoms with Crippen molar-refractivity contribution < 1.29 is 24.2 Å². The molecule has 0 aliphatic carbocycles. The van der Waals surface area contributed by atoms with Crippen LogP contribution in [0.3, 0.4) is 0 Å². The van der Waals surface area contributed by atoms with Crippen LogP contribution in [0.25, 0.3) is 0 Å². The van der Waals surface area contributed by atoms with Gasteiger partial charge in [0.2, 0.25) is 5.91 Å². The van der Waals surface area contributed by atoms with E-state index in [1.54, 1.807) is 11.8 Å². The number of hydrogen-bond donors (Lipinski definition) is 1. The molecule has 2 saturated heterocycles. The van der Waals surface area contributed by atoms with Crippen molar-refractivity contribution >= 4 is 29.6 Å². The summed E-state index contributed by atoms with van der Waals surface area (Å²) in [6, 6.07) is 8.43. The summed E-state index contributed by atoms with van der Waals surface area (Å²) in [5, 5.41) is 9.29. The Morgan fingerprint density at radius 2 is 1.96 bits per heavy atom. The van der Waals surface area contributed by atoms with Crippen LogP contribution in [0.4, 0.5) is 0 Å². The van der Waals surface area contributed by atoms with Crippen molar-refractivity contribution in [2.45, 2.75) is 43.7 Å². The third kappa shape index (κ3) is 3.98. The second-order valence-corrected chi connectivity index (χ2v) is 7.58. The van der Waals surface area contributed by atoms with Crippen LogP contribution in [-0.2, 0) is 25.7 Å². The van der Waals surface area contributed by atoms with Gasteiger partial charge in [-0.2, -0.15) is 0 Å². The fourth-order valence-corrected chi connectivity index (χ4v) is 4.73. The fourth-order valence-electron chi connectivity index (χ4n) is 3.34. The number of carboxylic acid groups (broad SMARTS) is 1. The molecule has 25 heavy (non-hydrogen) atoms. The van der Waals surface area contributed by atoms with E-state index in [1.807, 2.05) is 30.3 Å². The molecule has 3 atom stereocenters. The highest BCUT2D eigenvalue weighted by Crippen LogP contribution is 2.36. The Morgan fingerprint density at radius 1 is 1.20 bits per heavy atom. The van der Waals surface area contributed by atoms with E-state index in [0.29, 0.717) is 18.6 Å². The number of piperidine rings is 1. The lowest BCUT2D eigenvalue weighted by molar-refractivity contribution is -0.163. The predicted octanol–water partition coefficient (Wildman–Crippen LogP) is 2.27. The molecule has 1 aromatic rings. The Bertz CT molecular complexity index is 650. The molecule has 1 amide bonds. The van der Waals surface area contributed by atoms with Crippen LogP contribution in [0.1, 0.15) is 31.2 Å². The van der Waals surface area contributed by atoms with Crippen LogP contribution in [0.15, 0.2) is 30.3 Å². The van der Waals surface area contributed by atoms with Crippen molar-refractivity contribution in [2.24, 2.45) is 5.92 Å². The van der Waals surface area contributed by atoms with E-state index >= 15 is 0 Å². The molecule has 1 aromatic carbocycles. The minimum atomic E-state index is -1.00. The third-order valence-electron chi connectivity index (χ3n) is 4.64. The molecule has 1 unspecified atom stereocenters. The average molecular weight is 363 g/mol. The summed E-state index contributed by atoms with van der Waals surface area (Å²) in [5.41, 5.74) is 0.852. The molecule has 3 rings (SSSR count). The summed E-state index contributed by atoms with van der Waals surface area (Å²) in [7, 11) is 0. The quantitative estimate of drug-likeness (QED) is 0.653. The zero-order chi connectivity index (χ0) is 17.8. The number of carbonyl (C=O) groups excluding carboxylic acids is 2. The molecule has 0 radical (unpaired) electrons. The molecule has 0 aromatic heterocycles. The summed E-state index contributed by atoms with van der Waals surface area (Å²) < 4.78 is 5.33. The maximum atomic E-state index is 12.9. The number of carbonyl (C=O) groups is 3. The van der Waals surface area contributed by atoms with E-state index in [1.165, 1.54) is 4.90 Å². The van der Waals surface area contributed by atoms with E-state index in [9.17, 15) is 19.5 Å². The van der Waals surface area contributed by atoms with E-state index in [-0.39, 0.29) is 12.0 Å². The standard InChI is InChI=1S/C18H21NO5S/c20-16-13(18(23)24-11-12-5-2-1-3-6-12)9-10-25-15-8-4-7-14(17(21)22)19(15)16/h1-3,5-6,13-15H,4,7-11H2,(H,21,22)/t13-,14-,15?/m0/s1. The molecule has 0 bridgehead atoms. The molecule has 0 spiro atoms. The molecule has 6 nitrogen and oxygen atoms in total. The minimum Gasteiger partial charge on any atom is -0.480 e. The highest BCUT2D eigenvalue weighted by Gasteiger charge is 2.45. The van der Waals surface area contributed by atoms with Crippen LogP contribution in [-0.4, -0.2) is 45.0 Å². The first-order valence-electron chi connectivity index (χ1n) is 8.45. The number of ether oxygens (including phenoxy) is 1. The van der Waals surface area contributed by atoms with Gasteiger partial charge in [0.05, 0.1) is 5.37 Å². The minimum absolute atomic E-state index is 0.113. The van der Waals surface area contributed by atoms with Gasteiger partial charge >= 0.3 is 11.9 Å². The van der Waals surface area contributed by atoms with Crippen LogP contribution in [0.5, 0.6) is 0 Å². The van der Waals surface area contributed by atoms with Crippen LogP contribution in [0, 0.1) is 5.92 Å². The molecule has 0 saturated carbocycles. The lowest BCUT2D eigenvalue weighted by atomic mass is 9.97. The number of nitrogens with zero attached hydrogens (tertiary/aromatic N) is 1. The number of benzene rings is 1. The highest BCUT2D eigenvalue weighted by atomic mass is 32.2. The number of esters is 1. The van der Waals surface area contributed by atoms with Crippen molar-refractivity contribution in [3.05, 3.63) is 35.9 Å². The van der Waals surface area contributed by atoms with Gasteiger partial charge in [-0.25, -0.2) is 4.79 Å². The third-order valence-corrected chi connectivity index (χ3v) is 5.96. The molecule has 2 aliphatic heterocycles. The molecule has 2 fully saturated rings. The Morgan fingerprint density at radius 3 is 2.68 bits per heavy atom. The normalized spacial score (nSPS) is 26.5. The molecule has 134 valence electrons. The van der Waals surface area contributed by atoms with Gasteiger partial charge in [0.15, 0.2) is 0 Å². The SMILES string of the molecule is O=C(OCc1ccccc1)[C@H]1CCSC2CCC[C@@H](C(=O)O)N2C1=O. The van der Waals surface area contributed by atoms with E-state index in [4.69, 9.17) is 4.74 Å². The van der Waals surface area contributed by atoms with Gasteiger partial charge in [-0.3, -0.25) is 9.59 Å².